The number of likely N-dealkylation sites (tertiary alicyclic amines) is 1. The molecule has 1 aromatic carbocycles. The molecular weight excluding hydrogens is 400 g/mol. The Balaban J connectivity index is 1.56. The third-order valence-corrected chi connectivity index (χ3v) is 6.17. The lowest BCUT2D eigenvalue weighted by Crippen LogP contribution is -2.43. The van der Waals surface area contributed by atoms with Crippen LogP contribution in [0.3, 0.4) is 0 Å². The molecule has 1 saturated heterocycles. The minimum atomic E-state index is -0.141. The maximum atomic E-state index is 12.8. The largest absolute Gasteiger partial charge is 0.490 e. The molecule has 1 atom stereocenters. The van der Waals surface area contributed by atoms with Gasteiger partial charge in [-0.3, -0.25) is 9.59 Å². The minimum Gasteiger partial charge on any atom is -0.490 e. The molecule has 0 saturated carbocycles. The predicted molar refractivity (Wildman–Crippen MR) is 118 cm³/mol. The summed E-state index contributed by atoms with van der Waals surface area (Å²) in [6, 6.07) is 9.38. The summed E-state index contributed by atoms with van der Waals surface area (Å²) in [6.07, 6.45) is 1.37. The number of carbonyl (C=O) groups excluding carboxylic acids is 2. The lowest BCUT2D eigenvalue weighted by molar-refractivity contribution is -0.127. The molecule has 1 unspecified atom stereocenters. The third-order valence-electron chi connectivity index (χ3n) is 5.31. The average molecular weight is 431 g/mol. The van der Waals surface area contributed by atoms with Crippen molar-refractivity contribution >= 4 is 23.2 Å². The molecule has 1 N–H and O–H groups in total. The molecule has 2 heterocycles. The zero-order valence-electron chi connectivity index (χ0n) is 17.8. The normalized spacial score (nSPS) is 15.5. The summed E-state index contributed by atoms with van der Waals surface area (Å²) in [5.41, 5.74) is 0.973. The van der Waals surface area contributed by atoms with Crippen molar-refractivity contribution < 1.29 is 19.1 Å². The van der Waals surface area contributed by atoms with Gasteiger partial charge in [0.1, 0.15) is 0 Å². The SMILES string of the molecule is CCOc1ccc(C(C)NC(=O)C2CCN(C(=O)c3cccs3)CC2)cc1OCC. The zero-order valence-corrected chi connectivity index (χ0v) is 18.7. The van der Waals surface area contributed by atoms with Gasteiger partial charge < -0.3 is 19.7 Å². The molecule has 2 amide bonds. The quantitative estimate of drug-likeness (QED) is 0.679. The van der Waals surface area contributed by atoms with Gasteiger partial charge in [0.15, 0.2) is 11.5 Å². The van der Waals surface area contributed by atoms with Crippen LogP contribution in [0.1, 0.15) is 54.9 Å². The number of ether oxygens (including phenoxy) is 2. The number of benzene rings is 1. The first-order valence-electron chi connectivity index (χ1n) is 10.6. The summed E-state index contributed by atoms with van der Waals surface area (Å²) in [5, 5.41) is 5.03. The summed E-state index contributed by atoms with van der Waals surface area (Å²) < 4.78 is 11.3. The van der Waals surface area contributed by atoms with Crippen molar-refractivity contribution in [2.24, 2.45) is 5.92 Å². The number of carbonyl (C=O) groups is 2. The van der Waals surface area contributed by atoms with E-state index in [4.69, 9.17) is 9.47 Å². The Morgan fingerprint density at radius 2 is 1.83 bits per heavy atom. The minimum absolute atomic E-state index is 0.0394. The van der Waals surface area contributed by atoms with Crippen molar-refractivity contribution in [3.05, 3.63) is 46.2 Å². The molecule has 30 heavy (non-hydrogen) atoms. The molecule has 0 aliphatic carbocycles. The molecule has 1 aromatic heterocycles. The van der Waals surface area contributed by atoms with Crippen LogP contribution in [-0.4, -0.2) is 43.0 Å². The highest BCUT2D eigenvalue weighted by Crippen LogP contribution is 2.31. The van der Waals surface area contributed by atoms with Crippen LogP contribution < -0.4 is 14.8 Å². The van der Waals surface area contributed by atoms with Crippen molar-refractivity contribution in [3.8, 4) is 11.5 Å². The number of rotatable bonds is 8. The van der Waals surface area contributed by atoms with Gasteiger partial charge in [-0.05, 0) is 62.8 Å². The van der Waals surface area contributed by atoms with Gasteiger partial charge in [0, 0.05) is 19.0 Å². The molecule has 6 nitrogen and oxygen atoms in total. The third kappa shape index (κ3) is 5.33. The zero-order chi connectivity index (χ0) is 21.5. The van der Waals surface area contributed by atoms with Crippen LogP contribution in [0, 0.1) is 5.92 Å². The molecule has 162 valence electrons. The monoisotopic (exact) mass is 430 g/mol. The smallest absolute Gasteiger partial charge is 0.263 e. The van der Waals surface area contributed by atoms with Crippen LogP contribution in [0.4, 0.5) is 0 Å². The van der Waals surface area contributed by atoms with E-state index in [9.17, 15) is 9.59 Å². The van der Waals surface area contributed by atoms with E-state index >= 15 is 0 Å². The highest BCUT2D eigenvalue weighted by Gasteiger charge is 2.29. The van der Waals surface area contributed by atoms with Crippen LogP contribution in [-0.2, 0) is 4.79 Å². The van der Waals surface area contributed by atoms with E-state index < -0.39 is 0 Å². The molecule has 0 radical (unpaired) electrons. The first-order valence-corrected chi connectivity index (χ1v) is 11.4. The topological polar surface area (TPSA) is 67.9 Å². The Bertz CT molecular complexity index is 845. The maximum Gasteiger partial charge on any atom is 0.263 e. The van der Waals surface area contributed by atoms with E-state index in [1.807, 2.05) is 61.4 Å². The number of hydrogen-bond acceptors (Lipinski definition) is 5. The Hall–Kier alpha value is -2.54. The van der Waals surface area contributed by atoms with E-state index in [0.717, 1.165) is 10.4 Å². The fraction of sp³-hybridized carbons (Fsp3) is 0.478. The van der Waals surface area contributed by atoms with Crippen LogP contribution in [0.5, 0.6) is 11.5 Å². The summed E-state index contributed by atoms with van der Waals surface area (Å²) in [6.45, 7) is 8.18. The van der Waals surface area contributed by atoms with E-state index in [2.05, 4.69) is 5.32 Å². The summed E-state index contributed by atoms with van der Waals surface area (Å²) in [4.78, 5) is 27.9. The second-order valence-corrected chi connectivity index (χ2v) is 8.29. The van der Waals surface area contributed by atoms with Crippen molar-refractivity contribution in [2.75, 3.05) is 26.3 Å². The van der Waals surface area contributed by atoms with Crippen molar-refractivity contribution in [3.63, 3.8) is 0 Å². The first-order chi connectivity index (χ1) is 14.5. The van der Waals surface area contributed by atoms with Crippen molar-refractivity contribution in [2.45, 2.75) is 39.7 Å². The summed E-state index contributed by atoms with van der Waals surface area (Å²) >= 11 is 1.46. The highest BCUT2D eigenvalue weighted by atomic mass is 32.1. The van der Waals surface area contributed by atoms with Gasteiger partial charge in [-0.1, -0.05) is 12.1 Å². The van der Waals surface area contributed by atoms with E-state index in [1.54, 1.807) is 0 Å². The summed E-state index contributed by atoms with van der Waals surface area (Å²) in [5.74, 6) is 1.43. The Morgan fingerprint density at radius 1 is 1.13 bits per heavy atom. The number of nitrogens with one attached hydrogen (secondary N) is 1. The Labute approximate surface area is 182 Å². The van der Waals surface area contributed by atoms with Gasteiger partial charge in [-0.15, -0.1) is 11.3 Å². The number of nitrogens with zero attached hydrogens (tertiary/aromatic N) is 1. The number of piperidine rings is 1. The molecule has 1 aliphatic rings. The lowest BCUT2D eigenvalue weighted by atomic mass is 9.95. The molecule has 7 heteroatoms. The van der Waals surface area contributed by atoms with E-state index in [1.165, 1.54) is 11.3 Å². The first kappa shape index (κ1) is 22.2. The van der Waals surface area contributed by atoms with Gasteiger partial charge in [0.05, 0.1) is 24.1 Å². The Morgan fingerprint density at radius 3 is 2.47 bits per heavy atom. The van der Waals surface area contributed by atoms with Crippen LogP contribution in [0.2, 0.25) is 0 Å². The highest BCUT2D eigenvalue weighted by molar-refractivity contribution is 7.12. The summed E-state index contributed by atoms with van der Waals surface area (Å²) in [7, 11) is 0. The van der Waals surface area contributed by atoms with Crippen molar-refractivity contribution in [1.29, 1.82) is 0 Å². The number of hydrogen-bond donors (Lipinski definition) is 1. The molecular formula is C23H30N2O4S. The molecule has 0 spiro atoms. The fourth-order valence-corrected chi connectivity index (χ4v) is 4.34. The second-order valence-electron chi connectivity index (χ2n) is 7.35. The van der Waals surface area contributed by atoms with E-state index in [-0.39, 0.29) is 23.8 Å². The van der Waals surface area contributed by atoms with Gasteiger partial charge in [0.2, 0.25) is 5.91 Å². The standard InChI is InChI=1S/C23H30N2O4S/c1-4-28-19-9-8-18(15-20(19)29-5-2)16(3)24-22(26)17-10-12-25(13-11-17)23(27)21-7-6-14-30-21/h6-9,14-17H,4-5,10-13H2,1-3H3,(H,24,26). The average Bonchev–Trinajstić information content (AvgIpc) is 3.29. The van der Waals surface area contributed by atoms with Crippen LogP contribution in [0.25, 0.3) is 0 Å². The van der Waals surface area contributed by atoms with Gasteiger partial charge in [-0.25, -0.2) is 0 Å². The molecule has 1 aliphatic heterocycles. The fourth-order valence-electron chi connectivity index (χ4n) is 3.65. The van der Waals surface area contributed by atoms with Gasteiger partial charge in [-0.2, -0.15) is 0 Å². The predicted octanol–water partition coefficient (Wildman–Crippen LogP) is 4.28. The van der Waals surface area contributed by atoms with Crippen LogP contribution >= 0.6 is 11.3 Å². The molecule has 1 fully saturated rings. The lowest BCUT2D eigenvalue weighted by Gasteiger charge is -2.31. The second kappa shape index (κ2) is 10.5. The van der Waals surface area contributed by atoms with Gasteiger partial charge >= 0.3 is 0 Å². The van der Waals surface area contributed by atoms with Crippen LogP contribution in [0.15, 0.2) is 35.7 Å². The number of thiophene rings is 1. The Kier molecular flexibility index (Phi) is 7.74. The molecule has 0 bridgehead atoms. The molecule has 2 aromatic rings. The molecule has 3 rings (SSSR count). The maximum absolute atomic E-state index is 12.8. The van der Waals surface area contributed by atoms with Gasteiger partial charge in [0.25, 0.3) is 5.91 Å². The number of amides is 2. The van der Waals surface area contributed by atoms with Crippen molar-refractivity contribution in [1.82, 2.24) is 10.2 Å². The van der Waals surface area contributed by atoms with E-state index in [0.29, 0.717) is 50.6 Å².